The minimum absolute atomic E-state index is 0.497. The summed E-state index contributed by atoms with van der Waals surface area (Å²) in [7, 11) is 0. The lowest BCUT2D eigenvalue weighted by Crippen LogP contribution is -1.91. The van der Waals surface area contributed by atoms with E-state index in [1.165, 1.54) is 0 Å². The predicted octanol–water partition coefficient (Wildman–Crippen LogP) is 3.18. The van der Waals surface area contributed by atoms with E-state index in [2.05, 4.69) is 25.7 Å². The van der Waals surface area contributed by atoms with Crippen molar-refractivity contribution < 1.29 is 4.74 Å². The van der Waals surface area contributed by atoms with E-state index in [0.717, 1.165) is 26.1 Å². The van der Waals surface area contributed by atoms with E-state index in [0.29, 0.717) is 5.92 Å². The first kappa shape index (κ1) is 11.4. The van der Waals surface area contributed by atoms with Crippen molar-refractivity contribution in [2.75, 3.05) is 13.2 Å². The molecule has 1 atom stereocenters. The molecule has 0 N–H and O–H groups in total. The molecule has 0 aromatic heterocycles. The van der Waals surface area contributed by atoms with Crippen LogP contribution in [-0.4, -0.2) is 13.2 Å². The second kappa shape index (κ2) is 8.54. The number of hydrogen-bond donors (Lipinski definition) is 0. The van der Waals surface area contributed by atoms with Crippen molar-refractivity contribution in [3.63, 3.8) is 0 Å². The third-order valence-electron chi connectivity index (χ3n) is 1.68. The Morgan fingerprint density at radius 2 is 2.25 bits per heavy atom. The highest BCUT2D eigenvalue weighted by Gasteiger charge is 1.87. The molecule has 12 heavy (non-hydrogen) atoms. The molecule has 0 heterocycles. The highest BCUT2D eigenvalue weighted by atomic mass is 16.5. The highest BCUT2D eigenvalue weighted by molar-refractivity contribution is 4.94. The van der Waals surface area contributed by atoms with Crippen LogP contribution in [-0.2, 0) is 4.74 Å². The van der Waals surface area contributed by atoms with Gasteiger partial charge in [-0.1, -0.05) is 25.2 Å². The Labute approximate surface area is 76.1 Å². The van der Waals surface area contributed by atoms with Gasteiger partial charge in [-0.2, -0.15) is 0 Å². The van der Waals surface area contributed by atoms with Crippen LogP contribution in [0.5, 0.6) is 0 Å². The lowest BCUT2D eigenvalue weighted by atomic mass is 10.1. The number of ether oxygens (including phenoxy) is 1. The topological polar surface area (TPSA) is 9.23 Å². The summed E-state index contributed by atoms with van der Waals surface area (Å²) in [4.78, 5) is 0. The van der Waals surface area contributed by atoms with Crippen LogP contribution in [0.25, 0.3) is 0 Å². The summed E-state index contributed by atoms with van der Waals surface area (Å²) >= 11 is 0. The van der Waals surface area contributed by atoms with Gasteiger partial charge in [0.25, 0.3) is 0 Å². The summed E-state index contributed by atoms with van der Waals surface area (Å²) in [5.74, 6) is 0.497. The molecule has 0 aromatic carbocycles. The van der Waals surface area contributed by atoms with Crippen molar-refractivity contribution in [3.8, 4) is 0 Å². The fourth-order valence-electron chi connectivity index (χ4n) is 0.837. The van der Waals surface area contributed by atoms with Gasteiger partial charge in [-0.15, -0.1) is 6.58 Å². The average Bonchev–Trinajstić information content (AvgIpc) is 2.10. The van der Waals surface area contributed by atoms with Gasteiger partial charge in [0, 0.05) is 13.2 Å². The number of rotatable bonds is 7. The Morgan fingerprint density at radius 1 is 1.50 bits per heavy atom. The van der Waals surface area contributed by atoms with Crippen LogP contribution < -0.4 is 0 Å². The molecule has 70 valence electrons. The summed E-state index contributed by atoms with van der Waals surface area (Å²) in [5.41, 5.74) is 0. The first-order valence-corrected chi connectivity index (χ1v) is 4.68. The zero-order chi connectivity index (χ0) is 9.23. The molecule has 0 aliphatic carbocycles. The smallest absolute Gasteiger partial charge is 0.0468 e. The quantitative estimate of drug-likeness (QED) is 0.419. The van der Waals surface area contributed by atoms with Crippen molar-refractivity contribution in [3.05, 3.63) is 24.8 Å². The van der Waals surface area contributed by atoms with Crippen LogP contribution in [0.2, 0.25) is 0 Å². The molecule has 1 unspecified atom stereocenters. The average molecular weight is 168 g/mol. The molecular weight excluding hydrogens is 148 g/mol. The first-order chi connectivity index (χ1) is 5.81. The van der Waals surface area contributed by atoms with E-state index >= 15 is 0 Å². The standard InChI is InChI=1S/C11H20O/c1-4-11(3)9-7-6-8-10-12-5-2/h4,7,9,11H,1,5-6,8,10H2,2-3H3/b9-7+. The van der Waals surface area contributed by atoms with Crippen LogP contribution in [0, 0.1) is 5.92 Å². The van der Waals surface area contributed by atoms with Crippen LogP contribution in [0.15, 0.2) is 24.8 Å². The molecule has 0 aliphatic heterocycles. The maximum atomic E-state index is 5.21. The van der Waals surface area contributed by atoms with Gasteiger partial charge in [0.2, 0.25) is 0 Å². The molecular formula is C11H20O. The van der Waals surface area contributed by atoms with E-state index in [-0.39, 0.29) is 0 Å². The van der Waals surface area contributed by atoms with E-state index in [1.807, 2.05) is 13.0 Å². The van der Waals surface area contributed by atoms with E-state index in [9.17, 15) is 0 Å². The lowest BCUT2D eigenvalue weighted by Gasteiger charge is -1.98. The molecule has 0 aromatic rings. The molecule has 0 aliphatic rings. The Balaban J connectivity index is 3.18. The molecule has 1 heteroatoms. The predicted molar refractivity (Wildman–Crippen MR) is 54.2 cm³/mol. The van der Waals surface area contributed by atoms with Gasteiger partial charge in [0.15, 0.2) is 0 Å². The molecule has 0 radical (unpaired) electrons. The summed E-state index contributed by atoms with van der Waals surface area (Å²) in [6.07, 6.45) is 8.55. The minimum atomic E-state index is 0.497. The molecule has 0 fully saturated rings. The summed E-state index contributed by atoms with van der Waals surface area (Å²) in [5, 5.41) is 0. The minimum Gasteiger partial charge on any atom is -0.382 e. The second-order valence-electron chi connectivity index (χ2n) is 2.86. The van der Waals surface area contributed by atoms with Crippen LogP contribution in [0.1, 0.15) is 26.7 Å². The number of allylic oxidation sites excluding steroid dienone is 3. The lowest BCUT2D eigenvalue weighted by molar-refractivity contribution is 0.145. The largest absolute Gasteiger partial charge is 0.382 e. The molecule has 0 saturated heterocycles. The molecule has 0 spiro atoms. The fraction of sp³-hybridized carbons (Fsp3) is 0.636. The van der Waals surface area contributed by atoms with Crippen molar-refractivity contribution in [2.45, 2.75) is 26.7 Å². The van der Waals surface area contributed by atoms with Crippen molar-refractivity contribution in [1.29, 1.82) is 0 Å². The van der Waals surface area contributed by atoms with Crippen LogP contribution >= 0.6 is 0 Å². The molecule has 1 nitrogen and oxygen atoms in total. The Morgan fingerprint density at radius 3 is 2.83 bits per heavy atom. The zero-order valence-corrected chi connectivity index (χ0v) is 8.25. The second-order valence-corrected chi connectivity index (χ2v) is 2.86. The van der Waals surface area contributed by atoms with Crippen molar-refractivity contribution >= 4 is 0 Å². The van der Waals surface area contributed by atoms with Crippen molar-refractivity contribution in [1.82, 2.24) is 0 Å². The number of unbranched alkanes of at least 4 members (excludes halogenated alkanes) is 1. The fourth-order valence-corrected chi connectivity index (χ4v) is 0.837. The van der Waals surface area contributed by atoms with Crippen molar-refractivity contribution in [2.24, 2.45) is 5.92 Å². The third-order valence-corrected chi connectivity index (χ3v) is 1.68. The van der Waals surface area contributed by atoms with Crippen LogP contribution in [0.4, 0.5) is 0 Å². The van der Waals surface area contributed by atoms with Gasteiger partial charge in [0.1, 0.15) is 0 Å². The normalized spacial score (nSPS) is 13.5. The number of hydrogen-bond acceptors (Lipinski definition) is 1. The Kier molecular flexibility index (Phi) is 8.14. The highest BCUT2D eigenvalue weighted by Crippen LogP contribution is 2.00. The summed E-state index contributed by atoms with van der Waals surface area (Å²) < 4.78 is 5.21. The Hall–Kier alpha value is -0.560. The maximum absolute atomic E-state index is 5.21. The SMILES string of the molecule is C=CC(C)/C=C/CCCOCC. The van der Waals surface area contributed by atoms with Gasteiger partial charge in [-0.3, -0.25) is 0 Å². The maximum Gasteiger partial charge on any atom is 0.0468 e. The zero-order valence-electron chi connectivity index (χ0n) is 8.25. The molecule has 0 saturated carbocycles. The van der Waals surface area contributed by atoms with Gasteiger partial charge < -0.3 is 4.74 Å². The first-order valence-electron chi connectivity index (χ1n) is 4.68. The molecule has 0 rings (SSSR count). The summed E-state index contributed by atoms with van der Waals surface area (Å²) in [6.45, 7) is 9.57. The summed E-state index contributed by atoms with van der Waals surface area (Å²) in [6, 6.07) is 0. The molecule has 0 bridgehead atoms. The van der Waals surface area contributed by atoms with Crippen LogP contribution in [0.3, 0.4) is 0 Å². The van der Waals surface area contributed by atoms with E-state index in [1.54, 1.807) is 0 Å². The van der Waals surface area contributed by atoms with Gasteiger partial charge >= 0.3 is 0 Å². The Bertz CT molecular complexity index is 127. The van der Waals surface area contributed by atoms with E-state index in [4.69, 9.17) is 4.74 Å². The monoisotopic (exact) mass is 168 g/mol. The van der Waals surface area contributed by atoms with Gasteiger partial charge in [-0.25, -0.2) is 0 Å². The van der Waals surface area contributed by atoms with Gasteiger partial charge in [-0.05, 0) is 25.7 Å². The molecule has 0 amide bonds. The van der Waals surface area contributed by atoms with E-state index < -0.39 is 0 Å². The van der Waals surface area contributed by atoms with Gasteiger partial charge in [0.05, 0.1) is 0 Å². The third kappa shape index (κ3) is 7.55.